The number of carbonyl (C=O) groups excluding carboxylic acids is 2. The summed E-state index contributed by atoms with van der Waals surface area (Å²) < 4.78 is 6.51. The van der Waals surface area contributed by atoms with Crippen LogP contribution in [0.4, 0.5) is 4.79 Å². The molecule has 0 aromatic heterocycles. The molecule has 0 aliphatic heterocycles. The second-order valence-corrected chi connectivity index (χ2v) is 9.93. The van der Waals surface area contributed by atoms with Gasteiger partial charge in [-0.3, -0.25) is 4.79 Å². The lowest BCUT2D eigenvalue weighted by Crippen LogP contribution is -2.50. The van der Waals surface area contributed by atoms with Gasteiger partial charge in [0.25, 0.3) is 0 Å². The first-order valence-corrected chi connectivity index (χ1v) is 11.4. The van der Waals surface area contributed by atoms with Crippen molar-refractivity contribution in [2.75, 3.05) is 0 Å². The summed E-state index contributed by atoms with van der Waals surface area (Å²) in [6.45, 7) is 5.42. The lowest BCUT2D eigenvalue weighted by molar-refractivity contribution is -0.124. The Labute approximate surface area is 192 Å². The molecule has 0 radical (unpaired) electrons. The van der Waals surface area contributed by atoms with Crippen molar-refractivity contribution in [3.05, 3.63) is 68.8 Å². The summed E-state index contributed by atoms with van der Waals surface area (Å²) in [5.74, 6) is -0.193. The molecule has 160 valence electrons. The van der Waals surface area contributed by atoms with E-state index in [1.807, 2.05) is 36.4 Å². The van der Waals surface area contributed by atoms with Crippen LogP contribution in [0.2, 0.25) is 0 Å². The molecule has 1 aliphatic rings. The molecular weight excluding hydrogens is 491 g/mol. The molecule has 5 nitrogen and oxygen atoms in total. The molecule has 2 aromatic rings. The van der Waals surface area contributed by atoms with Crippen LogP contribution in [0.1, 0.15) is 56.3 Å². The standard InChI is InChI=1S/C24H29IN2O3/c1-24(2,3)30-23(29)27-21(15-16-11-13-18(25)14-12-16)22(28)26-20-10-6-8-17-7-4-5-9-19(17)20/h4-5,7,9,11-14,20-21H,6,8,10,15H2,1-3H3,(H,26,28)(H,27,29)/t20-,21+/m1/s1. The lowest BCUT2D eigenvalue weighted by atomic mass is 9.87. The van der Waals surface area contributed by atoms with E-state index in [-0.39, 0.29) is 11.9 Å². The highest BCUT2D eigenvalue weighted by Crippen LogP contribution is 2.29. The Balaban J connectivity index is 1.75. The van der Waals surface area contributed by atoms with Crippen molar-refractivity contribution in [3.63, 3.8) is 0 Å². The van der Waals surface area contributed by atoms with Crippen molar-refractivity contribution in [2.24, 2.45) is 0 Å². The van der Waals surface area contributed by atoms with E-state index >= 15 is 0 Å². The third-order valence-corrected chi connectivity index (χ3v) is 5.77. The number of aryl methyl sites for hydroxylation is 1. The first-order chi connectivity index (χ1) is 14.2. The normalized spacial score (nSPS) is 16.9. The zero-order chi connectivity index (χ0) is 21.7. The molecule has 0 fully saturated rings. The number of hydrogen-bond acceptors (Lipinski definition) is 3. The van der Waals surface area contributed by atoms with E-state index in [9.17, 15) is 9.59 Å². The van der Waals surface area contributed by atoms with Crippen molar-refractivity contribution >= 4 is 34.6 Å². The van der Waals surface area contributed by atoms with E-state index in [0.717, 1.165) is 28.4 Å². The maximum absolute atomic E-state index is 13.2. The molecule has 0 heterocycles. The zero-order valence-corrected chi connectivity index (χ0v) is 19.9. The van der Waals surface area contributed by atoms with E-state index in [4.69, 9.17) is 4.74 Å². The highest BCUT2D eigenvalue weighted by Gasteiger charge is 2.28. The SMILES string of the molecule is CC(C)(C)OC(=O)N[C@@H](Cc1ccc(I)cc1)C(=O)N[C@@H]1CCCc2ccccc21. The Bertz CT molecular complexity index is 890. The van der Waals surface area contributed by atoms with Gasteiger partial charge in [0.2, 0.25) is 5.91 Å². The number of halogens is 1. The van der Waals surface area contributed by atoms with Crippen LogP contribution in [-0.4, -0.2) is 23.6 Å². The fourth-order valence-electron chi connectivity index (χ4n) is 3.69. The Morgan fingerprint density at radius 3 is 2.53 bits per heavy atom. The van der Waals surface area contributed by atoms with Gasteiger partial charge in [-0.2, -0.15) is 0 Å². The minimum Gasteiger partial charge on any atom is -0.444 e. The molecule has 0 saturated carbocycles. The number of benzene rings is 2. The van der Waals surface area contributed by atoms with Crippen molar-refractivity contribution in [1.29, 1.82) is 0 Å². The van der Waals surface area contributed by atoms with Crippen LogP contribution in [0, 0.1) is 3.57 Å². The van der Waals surface area contributed by atoms with Crippen LogP contribution < -0.4 is 10.6 Å². The summed E-state index contributed by atoms with van der Waals surface area (Å²) in [6, 6.07) is 15.4. The van der Waals surface area contributed by atoms with Gasteiger partial charge in [0, 0.05) is 9.99 Å². The summed E-state index contributed by atoms with van der Waals surface area (Å²) in [5, 5.41) is 5.94. The Morgan fingerprint density at radius 1 is 1.13 bits per heavy atom. The highest BCUT2D eigenvalue weighted by atomic mass is 127. The Morgan fingerprint density at radius 2 is 1.83 bits per heavy atom. The van der Waals surface area contributed by atoms with E-state index in [1.54, 1.807) is 20.8 Å². The quantitative estimate of drug-likeness (QED) is 0.551. The summed E-state index contributed by atoms with van der Waals surface area (Å²) in [5.41, 5.74) is 2.80. The zero-order valence-electron chi connectivity index (χ0n) is 17.7. The number of rotatable bonds is 5. The molecule has 6 heteroatoms. The van der Waals surface area contributed by atoms with Crippen LogP contribution in [0.5, 0.6) is 0 Å². The summed E-state index contributed by atoms with van der Waals surface area (Å²) >= 11 is 2.25. The van der Waals surface area contributed by atoms with Gasteiger partial charge in [0.05, 0.1) is 6.04 Å². The van der Waals surface area contributed by atoms with Gasteiger partial charge in [0.1, 0.15) is 11.6 Å². The third-order valence-electron chi connectivity index (χ3n) is 5.05. The lowest BCUT2D eigenvalue weighted by Gasteiger charge is -2.29. The minimum atomic E-state index is -0.714. The Hall–Kier alpha value is -2.09. The van der Waals surface area contributed by atoms with Crippen LogP contribution in [0.3, 0.4) is 0 Å². The summed E-state index contributed by atoms with van der Waals surface area (Å²) in [4.78, 5) is 25.6. The smallest absolute Gasteiger partial charge is 0.408 e. The van der Waals surface area contributed by atoms with E-state index in [1.165, 1.54) is 11.1 Å². The average molecular weight is 520 g/mol. The largest absolute Gasteiger partial charge is 0.444 e. The fraction of sp³-hybridized carbons (Fsp3) is 0.417. The number of alkyl carbamates (subject to hydrolysis) is 1. The molecule has 0 saturated heterocycles. The average Bonchev–Trinajstić information content (AvgIpc) is 2.68. The van der Waals surface area contributed by atoms with Gasteiger partial charge in [-0.05, 0) is 91.4 Å². The number of amides is 2. The third kappa shape index (κ3) is 6.45. The van der Waals surface area contributed by atoms with Crippen LogP contribution in [-0.2, 0) is 22.4 Å². The van der Waals surface area contributed by atoms with E-state index in [0.29, 0.717) is 6.42 Å². The van der Waals surface area contributed by atoms with Gasteiger partial charge in [0.15, 0.2) is 0 Å². The van der Waals surface area contributed by atoms with Crippen LogP contribution >= 0.6 is 22.6 Å². The van der Waals surface area contributed by atoms with E-state index in [2.05, 4.69) is 45.4 Å². The molecule has 2 amide bonds. The maximum atomic E-state index is 13.2. The molecule has 3 rings (SSSR count). The molecule has 0 bridgehead atoms. The second kappa shape index (κ2) is 9.81. The molecule has 2 atom stereocenters. The van der Waals surface area contributed by atoms with Gasteiger partial charge < -0.3 is 15.4 Å². The fourth-order valence-corrected chi connectivity index (χ4v) is 4.05. The molecule has 2 N–H and O–H groups in total. The molecule has 0 spiro atoms. The minimum absolute atomic E-state index is 0.0397. The van der Waals surface area contributed by atoms with Crippen LogP contribution in [0.25, 0.3) is 0 Å². The van der Waals surface area contributed by atoms with Crippen molar-refractivity contribution < 1.29 is 14.3 Å². The highest BCUT2D eigenvalue weighted by molar-refractivity contribution is 14.1. The number of nitrogens with one attached hydrogen (secondary N) is 2. The first-order valence-electron chi connectivity index (χ1n) is 10.3. The predicted octanol–water partition coefficient (Wildman–Crippen LogP) is 4.92. The molecule has 0 unspecified atom stereocenters. The summed E-state index contributed by atoms with van der Waals surface area (Å²) in [6.07, 6.45) is 2.77. The number of ether oxygens (including phenoxy) is 1. The molecule has 2 aromatic carbocycles. The van der Waals surface area contributed by atoms with Gasteiger partial charge in [-0.1, -0.05) is 36.4 Å². The second-order valence-electron chi connectivity index (χ2n) is 8.68. The van der Waals surface area contributed by atoms with Gasteiger partial charge in [-0.25, -0.2) is 4.79 Å². The topological polar surface area (TPSA) is 67.4 Å². The van der Waals surface area contributed by atoms with Crippen molar-refractivity contribution in [1.82, 2.24) is 10.6 Å². The number of carbonyl (C=O) groups is 2. The maximum Gasteiger partial charge on any atom is 0.408 e. The predicted molar refractivity (Wildman–Crippen MR) is 126 cm³/mol. The molecule has 30 heavy (non-hydrogen) atoms. The monoisotopic (exact) mass is 520 g/mol. The van der Waals surface area contributed by atoms with E-state index < -0.39 is 17.7 Å². The van der Waals surface area contributed by atoms with Crippen molar-refractivity contribution in [2.45, 2.75) is 64.1 Å². The number of fused-ring (bicyclic) bond motifs is 1. The molecule has 1 aliphatic carbocycles. The van der Waals surface area contributed by atoms with Crippen molar-refractivity contribution in [3.8, 4) is 0 Å². The Kier molecular flexibility index (Phi) is 7.39. The number of hydrogen-bond donors (Lipinski definition) is 2. The first kappa shape index (κ1) is 22.6. The van der Waals surface area contributed by atoms with Gasteiger partial charge in [-0.15, -0.1) is 0 Å². The summed E-state index contributed by atoms with van der Waals surface area (Å²) in [7, 11) is 0. The van der Waals surface area contributed by atoms with Gasteiger partial charge >= 0.3 is 6.09 Å². The van der Waals surface area contributed by atoms with Crippen LogP contribution in [0.15, 0.2) is 48.5 Å². The molecular formula is C24H29IN2O3.